The Morgan fingerprint density at radius 1 is 1.57 bits per heavy atom. The monoisotopic (exact) mass is 337 g/mol. The van der Waals surface area contributed by atoms with E-state index in [2.05, 4.69) is 22.3 Å². The van der Waals surface area contributed by atoms with E-state index in [1.807, 2.05) is 18.4 Å². The van der Waals surface area contributed by atoms with Crippen LogP contribution in [0.4, 0.5) is 5.69 Å². The van der Waals surface area contributed by atoms with E-state index in [1.165, 1.54) is 5.69 Å². The highest BCUT2D eigenvalue weighted by Gasteiger charge is 2.24. The summed E-state index contributed by atoms with van der Waals surface area (Å²) in [7, 11) is 1.68. The summed E-state index contributed by atoms with van der Waals surface area (Å²) in [6, 6.07) is 7.72. The van der Waals surface area contributed by atoms with Gasteiger partial charge in [-0.15, -0.1) is 0 Å². The van der Waals surface area contributed by atoms with Crippen molar-refractivity contribution in [3.8, 4) is 5.75 Å². The molecule has 23 heavy (non-hydrogen) atoms. The number of nitrogens with one attached hydrogen (secondary N) is 1. The van der Waals surface area contributed by atoms with Gasteiger partial charge < -0.3 is 20.7 Å². The Kier molecular flexibility index (Phi) is 7.05. The molecular weight excluding hydrogens is 310 g/mol. The van der Waals surface area contributed by atoms with Crippen molar-refractivity contribution < 1.29 is 9.53 Å². The highest BCUT2D eigenvalue weighted by Crippen LogP contribution is 2.26. The molecule has 1 aromatic carbocycles. The van der Waals surface area contributed by atoms with E-state index in [1.54, 1.807) is 18.9 Å². The SMILES string of the molecule is COc1cccc(N2CCC(CNC(=O)[C@@H](N)CCSC)C2)c1. The van der Waals surface area contributed by atoms with Crippen LogP contribution in [0.5, 0.6) is 5.75 Å². The van der Waals surface area contributed by atoms with E-state index in [0.717, 1.165) is 37.4 Å². The Morgan fingerprint density at radius 3 is 3.13 bits per heavy atom. The number of benzene rings is 1. The van der Waals surface area contributed by atoms with Crippen LogP contribution in [0, 0.1) is 5.92 Å². The lowest BCUT2D eigenvalue weighted by Gasteiger charge is -2.20. The molecule has 0 spiro atoms. The number of nitrogens with two attached hydrogens (primary N) is 1. The smallest absolute Gasteiger partial charge is 0.236 e. The number of anilines is 1. The van der Waals surface area contributed by atoms with Crippen molar-refractivity contribution in [2.75, 3.05) is 43.7 Å². The quantitative estimate of drug-likeness (QED) is 0.756. The first kappa shape index (κ1) is 17.9. The molecule has 0 bridgehead atoms. The van der Waals surface area contributed by atoms with E-state index >= 15 is 0 Å². The number of carbonyl (C=O) groups is 1. The lowest BCUT2D eigenvalue weighted by atomic mass is 10.1. The Balaban J connectivity index is 1.78. The van der Waals surface area contributed by atoms with Crippen molar-refractivity contribution in [1.82, 2.24) is 5.32 Å². The number of ether oxygens (including phenoxy) is 1. The van der Waals surface area contributed by atoms with Gasteiger partial charge in [-0.2, -0.15) is 11.8 Å². The Labute approximate surface area is 142 Å². The van der Waals surface area contributed by atoms with Crippen LogP contribution in [0.25, 0.3) is 0 Å². The second-order valence-corrected chi connectivity index (χ2v) is 6.92. The summed E-state index contributed by atoms with van der Waals surface area (Å²) in [6.45, 7) is 2.66. The average molecular weight is 337 g/mol. The number of carbonyl (C=O) groups excluding carboxylic acids is 1. The van der Waals surface area contributed by atoms with Gasteiger partial charge in [0.1, 0.15) is 5.75 Å². The van der Waals surface area contributed by atoms with Crippen molar-refractivity contribution in [2.24, 2.45) is 11.7 Å². The maximum Gasteiger partial charge on any atom is 0.236 e. The average Bonchev–Trinajstić information content (AvgIpc) is 3.06. The molecule has 5 nitrogen and oxygen atoms in total. The van der Waals surface area contributed by atoms with E-state index in [9.17, 15) is 4.79 Å². The zero-order valence-corrected chi connectivity index (χ0v) is 14.8. The first-order valence-corrected chi connectivity index (χ1v) is 9.44. The normalized spacial score (nSPS) is 18.7. The summed E-state index contributed by atoms with van der Waals surface area (Å²) in [5, 5.41) is 3.00. The Morgan fingerprint density at radius 2 is 2.39 bits per heavy atom. The zero-order chi connectivity index (χ0) is 16.7. The van der Waals surface area contributed by atoms with Crippen molar-refractivity contribution in [2.45, 2.75) is 18.9 Å². The molecule has 0 saturated carbocycles. The number of thioether (sulfide) groups is 1. The first-order valence-electron chi connectivity index (χ1n) is 8.05. The van der Waals surface area contributed by atoms with Gasteiger partial charge in [-0.05, 0) is 42.9 Å². The van der Waals surface area contributed by atoms with Gasteiger partial charge in [-0.25, -0.2) is 0 Å². The minimum atomic E-state index is -0.390. The third-order valence-corrected chi connectivity index (χ3v) is 4.88. The number of hydrogen-bond donors (Lipinski definition) is 2. The van der Waals surface area contributed by atoms with Crippen molar-refractivity contribution in [1.29, 1.82) is 0 Å². The van der Waals surface area contributed by atoms with Gasteiger partial charge in [-0.3, -0.25) is 4.79 Å². The van der Waals surface area contributed by atoms with Crippen LogP contribution < -0.4 is 20.7 Å². The molecule has 0 aromatic heterocycles. The second kappa shape index (κ2) is 9.03. The second-order valence-electron chi connectivity index (χ2n) is 5.94. The summed E-state index contributed by atoms with van der Waals surface area (Å²) in [6.07, 6.45) is 3.83. The highest BCUT2D eigenvalue weighted by atomic mass is 32.2. The molecule has 128 valence electrons. The lowest BCUT2D eigenvalue weighted by Crippen LogP contribution is -2.43. The summed E-state index contributed by atoms with van der Waals surface area (Å²) < 4.78 is 5.28. The molecule has 1 amide bonds. The number of nitrogens with zero attached hydrogens (tertiary/aromatic N) is 1. The van der Waals surface area contributed by atoms with E-state index in [4.69, 9.17) is 10.5 Å². The number of hydrogen-bond acceptors (Lipinski definition) is 5. The van der Waals surface area contributed by atoms with Gasteiger partial charge in [-0.1, -0.05) is 6.07 Å². The van der Waals surface area contributed by atoms with Gasteiger partial charge in [0.2, 0.25) is 5.91 Å². The molecule has 1 saturated heterocycles. The predicted molar refractivity (Wildman–Crippen MR) is 97.3 cm³/mol. The van der Waals surface area contributed by atoms with E-state index < -0.39 is 6.04 Å². The topological polar surface area (TPSA) is 67.6 Å². The molecule has 1 aliphatic heterocycles. The Hall–Kier alpha value is -1.40. The minimum Gasteiger partial charge on any atom is -0.497 e. The van der Waals surface area contributed by atoms with E-state index in [-0.39, 0.29) is 5.91 Å². The van der Waals surface area contributed by atoms with Gasteiger partial charge in [0.05, 0.1) is 13.2 Å². The van der Waals surface area contributed by atoms with Crippen molar-refractivity contribution in [3.63, 3.8) is 0 Å². The molecule has 1 heterocycles. The molecule has 2 rings (SSSR count). The molecule has 0 aliphatic carbocycles. The van der Waals surface area contributed by atoms with E-state index in [0.29, 0.717) is 12.5 Å². The molecule has 1 aromatic rings. The van der Waals surface area contributed by atoms with Gasteiger partial charge >= 0.3 is 0 Å². The number of amides is 1. The molecular formula is C17H27N3O2S. The molecule has 1 unspecified atom stereocenters. The molecule has 2 atom stereocenters. The van der Waals surface area contributed by atoms with Crippen LogP contribution in [-0.2, 0) is 4.79 Å². The maximum absolute atomic E-state index is 12.0. The molecule has 1 fully saturated rings. The first-order chi connectivity index (χ1) is 11.1. The minimum absolute atomic E-state index is 0.0288. The molecule has 6 heteroatoms. The fourth-order valence-corrected chi connectivity index (χ4v) is 3.28. The van der Waals surface area contributed by atoms with Crippen LogP contribution in [0.3, 0.4) is 0 Å². The fraction of sp³-hybridized carbons (Fsp3) is 0.588. The summed E-state index contributed by atoms with van der Waals surface area (Å²) in [4.78, 5) is 14.3. The van der Waals surface area contributed by atoms with Gasteiger partial charge in [0.25, 0.3) is 0 Å². The molecule has 1 aliphatic rings. The highest BCUT2D eigenvalue weighted by molar-refractivity contribution is 7.98. The fourth-order valence-electron chi connectivity index (χ4n) is 2.79. The molecule has 0 radical (unpaired) electrons. The summed E-state index contributed by atoms with van der Waals surface area (Å²) >= 11 is 1.71. The maximum atomic E-state index is 12.0. The van der Waals surface area contributed by atoms with Crippen molar-refractivity contribution >= 4 is 23.4 Å². The van der Waals surface area contributed by atoms with Crippen LogP contribution in [0.2, 0.25) is 0 Å². The van der Waals surface area contributed by atoms with Gasteiger partial charge in [0, 0.05) is 31.4 Å². The predicted octanol–water partition coefficient (Wildman–Crippen LogP) is 1.72. The van der Waals surface area contributed by atoms with Crippen LogP contribution in [-0.4, -0.2) is 50.7 Å². The standard InChI is InChI=1S/C17H27N3O2S/c1-22-15-5-3-4-14(10-15)20-8-6-13(12-20)11-19-17(21)16(18)7-9-23-2/h3-5,10,13,16H,6-9,11-12,18H2,1-2H3,(H,19,21)/t13?,16-/m0/s1. The summed E-state index contributed by atoms with van der Waals surface area (Å²) in [5.41, 5.74) is 7.06. The Bertz CT molecular complexity index is 512. The zero-order valence-electron chi connectivity index (χ0n) is 14.0. The third kappa shape index (κ3) is 5.32. The van der Waals surface area contributed by atoms with Gasteiger partial charge in [0.15, 0.2) is 0 Å². The van der Waals surface area contributed by atoms with Crippen LogP contribution in [0.1, 0.15) is 12.8 Å². The van der Waals surface area contributed by atoms with Crippen LogP contribution >= 0.6 is 11.8 Å². The molecule has 3 N–H and O–H groups in total. The number of methoxy groups -OCH3 is 1. The van der Waals surface area contributed by atoms with Crippen LogP contribution in [0.15, 0.2) is 24.3 Å². The largest absolute Gasteiger partial charge is 0.497 e. The lowest BCUT2D eigenvalue weighted by molar-refractivity contribution is -0.122. The number of rotatable bonds is 8. The summed E-state index contributed by atoms with van der Waals surface area (Å²) in [5.74, 6) is 2.23. The third-order valence-electron chi connectivity index (χ3n) is 4.24. The van der Waals surface area contributed by atoms with Crippen molar-refractivity contribution in [3.05, 3.63) is 24.3 Å².